The van der Waals surface area contributed by atoms with Crippen LogP contribution in [-0.2, 0) is 19.6 Å². The number of nitrogens with zero attached hydrogens (tertiary/aromatic N) is 3. The predicted octanol–water partition coefficient (Wildman–Crippen LogP) is 4.60. The first-order valence-electron chi connectivity index (χ1n) is 10.1. The van der Waals surface area contributed by atoms with Crippen LogP contribution in [0.3, 0.4) is 0 Å². The number of benzene rings is 3. The van der Waals surface area contributed by atoms with E-state index in [1.807, 2.05) is 36.4 Å². The number of hydrogen-bond donors (Lipinski definition) is 1. The van der Waals surface area contributed by atoms with Crippen LogP contribution < -0.4 is 10.1 Å². The molecule has 0 atom stereocenters. The van der Waals surface area contributed by atoms with Crippen LogP contribution in [0.5, 0.6) is 5.75 Å². The number of para-hydroxylation sites is 1. The van der Waals surface area contributed by atoms with Crippen LogP contribution in [-0.4, -0.2) is 22.1 Å². The zero-order valence-electron chi connectivity index (χ0n) is 17.4. The molecule has 0 saturated heterocycles. The zero-order chi connectivity index (χ0) is 20.8. The van der Waals surface area contributed by atoms with Crippen LogP contribution in [0.15, 0.2) is 78.9 Å². The highest BCUT2D eigenvalue weighted by Gasteiger charge is 2.13. The van der Waals surface area contributed by atoms with Gasteiger partial charge >= 0.3 is 0 Å². The van der Waals surface area contributed by atoms with Crippen molar-refractivity contribution in [2.24, 2.45) is 0 Å². The maximum Gasteiger partial charge on any atom is 0.123 e. The highest BCUT2D eigenvalue weighted by molar-refractivity contribution is 5.60. The molecule has 0 aliphatic carbocycles. The third-order valence-electron chi connectivity index (χ3n) is 4.98. The normalized spacial score (nSPS) is 10.9. The first kappa shape index (κ1) is 19.9. The van der Waals surface area contributed by atoms with Crippen LogP contribution in [0.25, 0.3) is 11.3 Å². The molecule has 5 nitrogen and oxygen atoms in total. The molecule has 30 heavy (non-hydrogen) atoms. The number of hydrogen-bond acceptors (Lipinski definition) is 4. The monoisotopic (exact) mass is 398 g/mol. The summed E-state index contributed by atoms with van der Waals surface area (Å²) in [6, 6.07) is 26.7. The van der Waals surface area contributed by atoms with Gasteiger partial charge in [-0.05, 0) is 18.6 Å². The van der Waals surface area contributed by atoms with Gasteiger partial charge in [-0.3, -0.25) is 0 Å². The Balaban J connectivity index is 1.55. The van der Waals surface area contributed by atoms with Gasteiger partial charge in [-0.15, -0.1) is 0 Å². The average Bonchev–Trinajstić information content (AvgIpc) is 3.17. The Morgan fingerprint density at radius 1 is 0.867 bits per heavy atom. The van der Waals surface area contributed by atoms with Crippen molar-refractivity contribution in [1.82, 2.24) is 20.3 Å². The minimum absolute atomic E-state index is 0.621. The molecule has 0 aliphatic heterocycles. The van der Waals surface area contributed by atoms with E-state index in [1.165, 1.54) is 11.1 Å². The minimum Gasteiger partial charge on any atom is -0.496 e. The van der Waals surface area contributed by atoms with Gasteiger partial charge in [0.25, 0.3) is 0 Å². The first-order chi connectivity index (χ1) is 14.7. The highest BCUT2D eigenvalue weighted by Crippen LogP contribution is 2.21. The summed E-state index contributed by atoms with van der Waals surface area (Å²) in [5, 5.41) is 13.1. The van der Waals surface area contributed by atoms with Crippen molar-refractivity contribution in [3.8, 4) is 17.0 Å². The first-order valence-corrected chi connectivity index (χ1v) is 10.1. The van der Waals surface area contributed by atoms with E-state index in [-0.39, 0.29) is 0 Å². The van der Waals surface area contributed by atoms with Gasteiger partial charge in [-0.1, -0.05) is 78.4 Å². The highest BCUT2D eigenvalue weighted by atomic mass is 16.5. The molecule has 1 heterocycles. The van der Waals surface area contributed by atoms with Gasteiger partial charge in [0, 0.05) is 24.2 Å². The van der Waals surface area contributed by atoms with Gasteiger partial charge < -0.3 is 10.1 Å². The molecule has 4 rings (SSSR count). The summed E-state index contributed by atoms with van der Waals surface area (Å²) >= 11 is 0. The van der Waals surface area contributed by atoms with Crippen molar-refractivity contribution >= 4 is 0 Å². The van der Waals surface area contributed by atoms with Gasteiger partial charge in [0.1, 0.15) is 17.1 Å². The molecule has 0 unspecified atom stereocenters. The second kappa shape index (κ2) is 9.37. The molecular weight excluding hydrogens is 372 g/mol. The van der Waals surface area contributed by atoms with E-state index < -0.39 is 0 Å². The lowest BCUT2D eigenvalue weighted by Gasteiger charge is -2.09. The molecular formula is C25H26N4O. The van der Waals surface area contributed by atoms with Gasteiger partial charge in [0.15, 0.2) is 0 Å². The number of methoxy groups -OCH3 is 1. The standard InChI is InChI=1S/C25H26N4O/c1-19-9-8-10-20(15-19)18-29-27-23(25(28-29)21-11-4-3-5-12-21)17-26-16-22-13-6-7-14-24(22)30-2/h3-15,26H,16-18H2,1-2H3. The fourth-order valence-electron chi connectivity index (χ4n) is 3.53. The van der Waals surface area contributed by atoms with Crippen molar-refractivity contribution in [1.29, 1.82) is 0 Å². The maximum absolute atomic E-state index is 5.45. The van der Waals surface area contributed by atoms with E-state index in [0.29, 0.717) is 19.6 Å². The molecule has 0 spiro atoms. The van der Waals surface area contributed by atoms with Crippen LogP contribution >= 0.6 is 0 Å². The predicted molar refractivity (Wildman–Crippen MR) is 119 cm³/mol. The van der Waals surface area contributed by atoms with Crippen molar-refractivity contribution in [2.75, 3.05) is 7.11 Å². The van der Waals surface area contributed by atoms with Crippen LogP contribution in [0, 0.1) is 6.92 Å². The van der Waals surface area contributed by atoms with E-state index in [9.17, 15) is 0 Å². The molecule has 4 aromatic rings. The molecule has 1 N–H and O–H groups in total. The van der Waals surface area contributed by atoms with Crippen molar-refractivity contribution in [3.05, 3.63) is 101 Å². The number of rotatable bonds is 8. The lowest BCUT2D eigenvalue weighted by molar-refractivity contribution is 0.407. The molecule has 152 valence electrons. The lowest BCUT2D eigenvalue weighted by Crippen LogP contribution is -2.14. The summed E-state index contributed by atoms with van der Waals surface area (Å²) in [5.41, 5.74) is 6.47. The van der Waals surface area contributed by atoms with Gasteiger partial charge in [-0.25, -0.2) is 0 Å². The second-order valence-electron chi connectivity index (χ2n) is 7.30. The van der Waals surface area contributed by atoms with Crippen molar-refractivity contribution in [2.45, 2.75) is 26.6 Å². The Bertz CT molecular complexity index is 1110. The molecule has 1 aromatic heterocycles. The Kier molecular flexibility index (Phi) is 6.20. The smallest absolute Gasteiger partial charge is 0.123 e. The third-order valence-corrected chi connectivity index (χ3v) is 4.98. The fourth-order valence-corrected chi connectivity index (χ4v) is 3.53. The van der Waals surface area contributed by atoms with E-state index in [1.54, 1.807) is 11.9 Å². The van der Waals surface area contributed by atoms with Crippen molar-refractivity contribution < 1.29 is 4.74 Å². The average molecular weight is 399 g/mol. The molecule has 5 heteroatoms. The summed E-state index contributed by atoms with van der Waals surface area (Å²) in [4.78, 5) is 1.79. The van der Waals surface area contributed by atoms with Crippen LogP contribution in [0.1, 0.15) is 22.4 Å². The quantitative estimate of drug-likeness (QED) is 0.471. The summed E-state index contributed by atoms with van der Waals surface area (Å²) in [6.45, 7) is 4.07. The number of aromatic nitrogens is 3. The molecule has 3 aromatic carbocycles. The summed E-state index contributed by atoms with van der Waals surface area (Å²) in [7, 11) is 1.70. The van der Waals surface area contributed by atoms with E-state index in [4.69, 9.17) is 14.9 Å². The van der Waals surface area contributed by atoms with E-state index in [2.05, 4.69) is 54.7 Å². The maximum atomic E-state index is 5.45. The van der Waals surface area contributed by atoms with E-state index in [0.717, 1.165) is 28.3 Å². The Labute approximate surface area is 177 Å². The number of ether oxygens (including phenoxy) is 1. The minimum atomic E-state index is 0.621. The zero-order valence-corrected chi connectivity index (χ0v) is 17.4. The Morgan fingerprint density at radius 2 is 1.67 bits per heavy atom. The molecule has 0 bridgehead atoms. The molecule has 0 aliphatic rings. The molecule has 0 radical (unpaired) electrons. The van der Waals surface area contributed by atoms with Gasteiger partial charge in [0.05, 0.1) is 13.7 Å². The topological polar surface area (TPSA) is 52.0 Å². The van der Waals surface area contributed by atoms with Crippen molar-refractivity contribution in [3.63, 3.8) is 0 Å². The van der Waals surface area contributed by atoms with Gasteiger partial charge in [0.2, 0.25) is 0 Å². The Hall–Kier alpha value is -3.44. The van der Waals surface area contributed by atoms with Crippen LogP contribution in [0.2, 0.25) is 0 Å². The molecule has 0 amide bonds. The number of aryl methyl sites for hydroxylation is 1. The second-order valence-corrected chi connectivity index (χ2v) is 7.30. The summed E-state index contributed by atoms with van der Waals surface area (Å²) in [5.74, 6) is 0.886. The summed E-state index contributed by atoms with van der Waals surface area (Å²) in [6.07, 6.45) is 0. The molecule has 0 fully saturated rings. The van der Waals surface area contributed by atoms with Crippen LogP contribution in [0.4, 0.5) is 0 Å². The number of nitrogens with one attached hydrogen (secondary N) is 1. The molecule has 0 saturated carbocycles. The van der Waals surface area contributed by atoms with E-state index >= 15 is 0 Å². The fraction of sp³-hybridized carbons (Fsp3) is 0.200. The SMILES string of the molecule is COc1ccccc1CNCc1nn(Cc2cccc(C)c2)nc1-c1ccccc1. The largest absolute Gasteiger partial charge is 0.496 e. The van der Waals surface area contributed by atoms with Gasteiger partial charge in [-0.2, -0.15) is 15.0 Å². The summed E-state index contributed by atoms with van der Waals surface area (Å²) < 4.78 is 5.45. The third kappa shape index (κ3) is 4.75. The Morgan fingerprint density at radius 3 is 2.47 bits per heavy atom. The lowest BCUT2D eigenvalue weighted by atomic mass is 10.1.